The van der Waals surface area contributed by atoms with Gasteiger partial charge in [0.2, 0.25) is 0 Å². The monoisotopic (exact) mass is 444 g/mol. The molecular formula is C24H36N4O4. The van der Waals surface area contributed by atoms with Gasteiger partial charge in [-0.15, -0.1) is 0 Å². The molecule has 0 spiro atoms. The summed E-state index contributed by atoms with van der Waals surface area (Å²) in [5.74, 6) is 0.00427. The minimum absolute atomic E-state index is 0.000107. The number of nitrogens with zero attached hydrogens (tertiary/aromatic N) is 2. The maximum Gasteiger partial charge on any atom is 0.341 e. The SMILES string of the molecule is CC(C)(C)N(C(=O)NC1=CC(=O)CCC1)N(C(=O)NC1=CC(=O)CCC1)C1(C)CCCC1. The molecule has 4 amide bonds. The Morgan fingerprint density at radius 2 is 1.28 bits per heavy atom. The second-order valence-electron chi connectivity index (χ2n) is 10.3. The van der Waals surface area contributed by atoms with E-state index in [2.05, 4.69) is 10.6 Å². The van der Waals surface area contributed by atoms with Crippen molar-refractivity contribution < 1.29 is 19.2 Å². The van der Waals surface area contributed by atoms with E-state index in [1.165, 1.54) is 17.2 Å². The number of allylic oxidation sites excluding steroid dienone is 4. The summed E-state index contributed by atoms with van der Waals surface area (Å²) in [6, 6.07) is -0.843. The maximum atomic E-state index is 13.6. The smallest absolute Gasteiger partial charge is 0.310 e. The molecule has 0 bridgehead atoms. The van der Waals surface area contributed by atoms with Crippen molar-refractivity contribution in [3.63, 3.8) is 0 Å². The zero-order chi connectivity index (χ0) is 23.5. The molecule has 0 unspecified atom stereocenters. The lowest BCUT2D eigenvalue weighted by Crippen LogP contribution is -2.68. The van der Waals surface area contributed by atoms with Crippen molar-refractivity contribution in [3.05, 3.63) is 23.5 Å². The van der Waals surface area contributed by atoms with Gasteiger partial charge in [0, 0.05) is 36.4 Å². The van der Waals surface area contributed by atoms with E-state index >= 15 is 0 Å². The fourth-order valence-corrected chi connectivity index (χ4v) is 4.78. The average molecular weight is 445 g/mol. The second kappa shape index (κ2) is 9.46. The Labute approximate surface area is 190 Å². The van der Waals surface area contributed by atoms with E-state index in [1.807, 2.05) is 27.7 Å². The third kappa shape index (κ3) is 5.58. The third-order valence-electron chi connectivity index (χ3n) is 6.36. The molecule has 1 fully saturated rings. The van der Waals surface area contributed by atoms with E-state index in [0.717, 1.165) is 25.7 Å². The number of amides is 4. The van der Waals surface area contributed by atoms with Crippen LogP contribution in [-0.4, -0.2) is 44.7 Å². The van der Waals surface area contributed by atoms with Crippen LogP contribution in [-0.2, 0) is 9.59 Å². The van der Waals surface area contributed by atoms with Gasteiger partial charge in [0.1, 0.15) is 0 Å². The quantitative estimate of drug-likeness (QED) is 0.633. The molecule has 0 atom stereocenters. The highest BCUT2D eigenvalue weighted by Gasteiger charge is 2.47. The standard InChI is InChI=1S/C24H36N4O4/c1-23(2,3)27(21(31)25-17-9-7-11-19(29)15-17)28(24(4)13-5-6-14-24)22(32)26-18-10-8-12-20(30)16-18/h15-16H,5-14H2,1-4H3,(H,25,31)(H,26,32). The summed E-state index contributed by atoms with van der Waals surface area (Å²) in [7, 11) is 0. The number of rotatable bonds is 3. The average Bonchev–Trinajstić information content (AvgIpc) is 3.12. The topological polar surface area (TPSA) is 98.8 Å². The molecule has 3 aliphatic rings. The van der Waals surface area contributed by atoms with Crippen LogP contribution in [0.1, 0.15) is 91.9 Å². The first-order valence-electron chi connectivity index (χ1n) is 11.7. The van der Waals surface area contributed by atoms with E-state index in [-0.39, 0.29) is 11.6 Å². The minimum Gasteiger partial charge on any atom is -0.310 e. The van der Waals surface area contributed by atoms with Gasteiger partial charge < -0.3 is 10.6 Å². The van der Waals surface area contributed by atoms with Crippen molar-refractivity contribution in [1.29, 1.82) is 0 Å². The number of carbonyl (C=O) groups excluding carboxylic acids is 4. The molecule has 0 saturated heterocycles. The first-order chi connectivity index (χ1) is 15.0. The number of hydrogen-bond acceptors (Lipinski definition) is 4. The Morgan fingerprint density at radius 3 is 1.72 bits per heavy atom. The molecule has 0 aliphatic heterocycles. The van der Waals surface area contributed by atoms with Crippen molar-refractivity contribution in [1.82, 2.24) is 20.7 Å². The van der Waals surface area contributed by atoms with Gasteiger partial charge >= 0.3 is 12.1 Å². The molecule has 3 rings (SSSR count). The highest BCUT2D eigenvalue weighted by molar-refractivity contribution is 5.93. The van der Waals surface area contributed by atoms with Gasteiger partial charge in [-0.05, 0) is 66.2 Å². The van der Waals surface area contributed by atoms with Crippen LogP contribution in [0.2, 0.25) is 0 Å². The lowest BCUT2D eigenvalue weighted by molar-refractivity contribution is -0.115. The van der Waals surface area contributed by atoms with Crippen molar-refractivity contribution >= 4 is 23.6 Å². The van der Waals surface area contributed by atoms with Gasteiger partial charge in [-0.1, -0.05) is 12.8 Å². The van der Waals surface area contributed by atoms with Crippen LogP contribution in [0.3, 0.4) is 0 Å². The molecule has 0 heterocycles. The fourth-order valence-electron chi connectivity index (χ4n) is 4.78. The predicted octanol–water partition coefficient (Wildman–Crippen LogP) is 4.33. The van der Waals surface area contributed by atoms with Crippen LogP contribution in [0.5, 0.6) is 0 Å². The summed E-state index contributed by atoms with van der Waals surface area (Å²) < 4.78 is 0. The number of carbonyl (C=O) groups is 4. The molecule has 8 heteroatoms. The zero-order valence-corrected chi connectivity index (χ0v) is 19.8. The molecule has 1 saturated carbocycles. The predicted molar refractivity (Wildman–Crippen MR) is 121 cm³/mol. The Bertz CT molecular complexity index is 847. The minimum atomic E-state index is -0.705. The van der Waals surface area contributed by atoms with Gasteiger partial charge in [-0.3, -0.25) is 9.59 Å². The molecule has 32 heavy (non-hydrogen) atoms. The number of ketones is 2. The Balaban J connectivity index is 1.93. The van der Waals surface area contributed by atoms with Crippen LogP contribution in [0.15, 0.2) is 23.5 Å². The molecule has 0 aromatic carbocycles. The van der Waals surface area contributed by atoms with Crippen LogP contribution in [0.25, 0.3) is 0 Å². The zero-order valence-electron chi connectivity index (χ0n) is 19.8. The third-order valence-corrected chi connectivity index (χ3v) is 6.36. The lowest BCUT2D eigenvalue weighted by atomic mass is 9.98. The van der Waals surface area contributed by atoms with Crippen molar-refractivity contribution in [2.24, 2.45) is 0 Å². The largest absolute Gasteiger partial charge is 0.341 e. The summed E-state index contributed by atoms with van der Waals surface area (Å²) in [6.07, 6.45) is 10.1. The van der Waals surface area contributed by atoms with Crippen LogP contribution >= 0.6 is 0 Å². The highest BCUT2D eigenvalue weighted by Crippen LogP contribution is 2.38. The van der Waals surface area contributed by atoms with Crippen LogP contribution in [0, 0.1) is 0 Å². The summed E-state index contributed by atoms with van der Waals surface area (Å²) in [6.45, 7) is 7.66. The number of hydrazine groups is 1. The van der Waals surface area contributed by atoms with Gasteiger partial charge in [-0.25, -0.2) is 19.6 Å². The molecule has 0 aromatic rings. The van der Waals surface area contributed by atoms with Crippen LogP contribution < -0.4 is 10.6 Å². The molecule has 3 aliphatic carbocycles. The van der Waals surface area contributed by atoms with E-state index in [9.17, 15) is 19.2 Å². The van der Waals surface area contributed by atoms with Gasteiger partial charge in [-0.2, -0.15) is 0 Å². The summed E-state index contributed by atoms with van der Waals surface area (Å²) >= 11 is 0. The van der Waals surface area contributed by atoms with E-state index in [1.54, 1.807) is 5.01 Å². The Morgan fingerprint density at radius 1 is 0.812 bits per heavy atom. The summed E-state index contributed by atoms with van der Waals surface area (Å²) in [4.78, 5) is 50.8. The lowest BCUT2D eigenvalue weighted by Gasteiger charge is -2.50. The summed E-state index contributed by atoms with van der Waals surface area (Å²) in [5.41, 5.74) is -0.0704. The van der Waals surface area contributed by atoms with Crippen LogP contribution in [0.4, 0.5) is 9.59 Å². The number of hydrogen-bond donors (Lipinski definition) is 2. The van der Waals surface area contributed by atoms with E-state index in [0.29, 0.717) is 49.9 Å². The maximum absolute atomic E-state index is 13.6. The van der Waals surface area contributed by atoms with Crippen molar-refractivity contribution in [2.75, 3.05) is 0 Å². The molecule has 8 nitrogen and oxygen atoms in total. The van der Waals surface area contributed by atoms with E-state index < -0.39 is 23.1 Å². The molecule has 2 N–H and O–H groups in total. The summed E-state index contributed by atoms with van der Waals surface area (Å²) in [5, 5.41) is 8.83. The second-order valence-corrected chi connectivity index (χ2v) is 10.3. The number of nitrogens with one attached hydrogen (secondary N) is 2. The Hall–Kier alpha value is -2.64. The molecular weight excluding hydrogens is 408 g/mol. The molecule has 0 radical (unpaired) electrons. The van der Waals surface area contributed by atoms with E-state index in [4.69, 9.17) is 0 Å². The fraction of sp³-hybridized carbons (Fsp3) is 0.667. The van der Waals surface area contributed by atoms with Gasteiger partial charge in [0.05, 0.1) is 11.1 Å². The highest BCUT2D eigenvalue weighted by atomic mass is 16.2. The molecule has 0 aromatic heterocycles. The molecule has 176 valence electrons. The first-order valence-corrected chi connectivity index (χ1v) is 11.7. The number of urea groups is 2. The van der Waals surface area contributed by atoms with Crippen molar-refractivity contribution in [3.8, 4) is 0 Å². The van der Waals surface area contributed by atoms with Crippen molar-refractivity contribution in [2.45, 2.75) is 103 Å². The Kier molecular flexibility index (Phi) is 7.10. The van der Waals surface area contributed by atoms with Gasteiger partial charge in [0.25, 0.3) is 0 Å². The first kappa shape index (κ1) is 24.0. The van der Waals surface area contributed by atoms with Gasteiger partial charge in [0.15, 0.2) is 11.6 Å². The normalized spacial score (nSPS) is 20.9.